The molecule has 0 amide bonds. The summed E-state index contributed by atoms with van der Waals surface area (Å²) in [4.78, 5) is 0. The summed E-state index contributed by atoms with van der Waals surface area (Å²) in [6.45, 7) is 3.85. The van der Waals surface area contributed by atoms with Gasteiger partial charge in [-0.2, -0.15) is 0 Å². The lowest BCUT2D eigenvalue weighted by Gasteiger charge is -2.48. The number of methoxy groups -OCH3 is 1. The molecule has 5 atom stereocenters. The molecule has 3 N–H and O–H groups in total. The van der Waals surface area contributed by atoms with Gasteiger partial charge in [-0.1, -0.05) is 36.7 Å². The summed E-state index contributed by atoms with van der Waals surface area (Å²) in [6, 6.07) is 13.1. The highest BCUT2D eigenvalue weighted by atomic mass is 35.5. The molecule has 0 aliphatic carbocycles. The minimum absolute atomic E-state index is 0.393. The Morgan fingerprint density at radius 1 is 1.13 bits per heavy atom. The predicted molar refractivity (Wildman–Crippen MR) is 114 cm³/mol. The molecule has 1 heterocycles. The van der Waals surface area contributed by atoms with Crippen molar-refractivity contribution in [2.75, 3.05) is 20.3 Å². The SMILES string of the molecule is CCOc1ccc(Cc2cc([C@]3(OC)O[C@H](CO)[C@@H](O)[C@H](C)[C@H]3O)ccc2Cl)cc1. The predicted octanol–water partition coefficient (Wildman–Crippen LogP) is 2.88. The van der Waals surface area contributed by atoms with Gasteiger partial charge in [0.1, 0.15) is 18.0 Å². The maximum Gasteiger partial charge on any atom is 0.222 e. The first-order valence-corrected chi connectivity index (χ1v) is 10.4. The molecule has 0 radical (unpaired) electrons. The van der Waals surface area contributed by atoms with E-state index in [2.05, 4.69) is 0 Å². The number of hydrogen-bond donors (Lipinski definition) is 3. The van der Waals surface area contributed by atoms with Gasteiger partial charge in [0, 0.05) is 23.6 Å². The Morgan fingerprint density at radius 2 is 1.83 bits per heavy atom. The van der Waals surface area contributed by atoms with Crippen LogP contribution in [-0.4, -0.2) is 54.0 Å². The topological polar surface area (TPSA) is 88.4 Å². The maximum absolute atomic E-state index is 10.9. The van der Waals surface area contributed by atoms with Crippen LogP contribution in [0.25, 0.3) is 0 Å². The van der Waals surface area contributed by atoms with Crippen LogP contribution in [0, 0.1) is 5.92 Å². The Morgan fingerprint density at radius 3 is 2.43 bits per heavy atom. The monoisotopic (exact) mass is 436 g/mol. The zero-order valence-electron chi connectivity index (χ0n) is 17.4. The molecular weight excluding hydrogens is 408 g/mol. The molecule has 7 heteroatoms. The van der Waals surface area contributed by atoms with E-state index in [0.717, 1.165) is 16.9 Å². The number of hydrogen-bond acceptors (Lipinski definition) is 6. The van der Waals surface area contributed by atoms with Crippen molar-refractivity contribution >= 4 is 11.6 Å². The Bertz CT molecular complexity index is 840. The summed E-state index contributed by atoms with van der Waals surface area (Å²) < 4.78 is 17.1. The minimum Gasteiger partial charge on any atom is -0.494 e. The van der Waals surface area contributed by atoms with Crippen LogP contribution in [0.4, 0.5) is 0 Å². The smallest absolute Gasteiger partial charge is 0.222 e. The Balaban J connectivity index is 1.94. The van der Waals surface area contributed by atoms with Crippen LogP contribution in [0.1, 0.15) is 30.5 Å². The third-order valence-corrected chi connectivity index (χ3v) is 6.06. The number of aliphatic hydroxyl groups excluding tert-OH is 3. The van der Waals surface area contributed by atoms with Crippen molar-refractivity contribution in [2.24, 2.45) is 5.92 Å². The Kier molecular flexibility index (Phi) is 7.39. The molecule has 1 aliphatic rings. The fourth-order valence-electron chi connectivity index (χ4n) is 3.92. The molecule has 164 valence electrons. The van der Waals surface area contributed by atoms with Crippen molar-refractivity contribution in [3.8, 4) is 5.75 Å². The third-order valence-electron chi connectivity index (χ3n) is 5.69. The Hall–Kier alpha value is -1.67. The van der Waals surface area contributed by atoms with E-state index in [0.29, 0.717) is 23.6 Å². The van der Waals surface area contributed by atoms with E-state index >= 15 is 0 Å². The average Bonchev–Trinajstić information content (AvgIpc) is 2.76. The zero-order chi connectivity index (χ0) is 21.9. The second-order valence-corrected chi connectivity index (χ2v) is 7.97. The van der Waals surface area contributed by atoms with Crippen molar-refractivity contribution in [3.05, 3.63) is 64.2 Å². The Labute approximate surface area is 182 Å². The van der Waals surface area contributed by atoms with Crippen molar-refractivity contribution in [3.63, 3.8) is 0 Å². The van der Waals surface area contributed by atoms with Crippen molar-refractivity contribution in [1.82, 2.24) is 0 Å². The lowest BCUT2D eigenvalue weighted by Crippen LogP contribution is -2.60. The molecule has 2 aromatic carbocycles. The van der Waals surface area contributed by atoms with E-state index in [1.807, 2.05) is 37.3 Å². The van der Waals surface area contributed by atoms with Crippen LogP contribution in [0.2, 0.25) is 5.02 Å². The quantitative estimate of drug-likeness (QED) is 0.618. The number of benzene rings is 2. The van der Waals surface area contributed by atoms with Gasteiger partial charge in [0.15, 0.2) is 0 Å². The van der Waals surface area contributed by atoms with Gasteiger partial charge >= 0.3 is 0 Å². The second-order valence-electron chi connectivity index (χ2n) is 7.56. The van der Waals surface area contributed by atoms with Crippen molar-refractivity contribution in [1.29, 1.82) is 0 Å². The van der Waals surface area contributed by atoms with Crippen LogP contribution in [0.15, 0.2) is 42.5 Å². The summed E-state index contributed by atoms with van der Waals surface area (Å²) in [6.07, 6.45) is -2.46. The molecular formula is C23H29ClO6. The molecule has 0 bridgehead atoms. The standard InChI is InChI=1S/C23H29ClO6/c1-4-29-18-8-5-15(6-9-18)11-16-12-17(7-10-19(16)24)23(28-3)22(27)14(2)21(26)20(13-25)30-23/h5-10,12,14,20-22,25-27H,4,11,13H2,1-3H3/t14-,20+,21-,22+,23-/m0/s1. The molecule has 1 saturated heterocycles. The normalized spacial score (nSPS) is 29.0. The van der Waals surface area contributed by atoms with Gasteiger partial charge in [-0.05, 0) is 48.7 Å². The molecule has 0 unspecified atom stereocenters. The summed E-state index contributed by atoms with van der Waals surface area (Å²) in [5.41, 5.74) is 2.45. The third kappa shape index (κ3) is 4.35. The number of rotatable bonds is 7. The number of halogens is 1. The van der Waals surface area contributed by atoms with Gasteiger partial charge < -0.3 is 29.5 Å². The summed E-state index contributed by atoms with van der Waals surface area (Å²) in [7, 11) is 1.43. The highest BCUT2D eigenvalue weighted by molar-refractivity contribution is 6.31. The molecule has 1 fully saturated rings. The molecule has 1 aliphatic heterocycles. The highest BCUT2D eigenvalue weighted by Gasteiger charge is 2.53. The highest BCUT2D eigenvalue weighted by Crippen LogP contribution is 2.42. The first kappa shape index (κ1) is 23.0. The van der Waals surface area contributed by atoms with Gasteiger partial charge in [-0.25, -0.2) is 0 Å². The lowest BCUT2D eigenvalue weighted by molar-refractivity contribution is -0.357. The number of ether oxygens (including phenoxy) is 3. The average molecular weight is 437 g/mol. The second kappa shape index (κ2) is 9.64. The first-order chi connectivity index (χ1) is 14.4. The minimum atomic E-state index is -1.52. The van der Waals surface area contributed by atoms with Gasteiger partial charge in [0.05, 0.1) is 19.3 Å². The van der Waals surface area contributed by atoms with Gasteiger partial charge in [-0.15, -0.1) is 0 Å². The molecule has 30 heavy (non-hydrogen) atoms. The number of aliphatic hydroxyl groups is 3. The van der Waals surface area contributed by atoms with Crippen LogP contribution in [-0.2, 0) is 21.7 Å². The van der Waals surface area contributed by atoms with Gasteiger partial charge in [-0.3, -0.25) is 0 Å². The van der Waals surface area contributed by atoms with E-state index in [4.69, 9.17) is 25.8 Å². The molecule has 0 spiro atoms. The van der Waals surface area contributed by atoms with Gasteiger partial charge in [0.25, 0.3) is 0 Å². The van der Waals surface area contributed by atoms with E-state index in [9.17, 15) is 15.3 Å². The van der Waals surface area contributed by atoms with E-state index < -0.39 is 36.6 Å². The fraction of sp³-hybridized carbons (Fsp3) is 0.478. The van der Waals surface area contributed by atoms with Crippen LogP contribution in [0.3, 0.4) is 0 Å². The van der Waals surface area contributed by atoms with E-state index in [1.165, 1.54) is 7.11 Å². The van der Waals surface area contributed by atoms with Crippen LogP contribution < -0.4 is 4.74 Å². The van der Waals surface area contributed by atoms with E-state index in [1.54, 1.807) is 19.1 Å². The van der Waals surface area contributed by atoms with E-state index in [-0.39, 0.29) is 0 Å². The molecule has 3 rings (SSSR count). The van der Waals surface area contributed by atoms with Crippen molar-refractivity contribution in [2.45, 2.75) is 44.4 Å². The lowest BCUT2D eigenvalue weighted by atomic mass is 9.82. The molecule has 0 saturated carbocycles. The fourth-order valence-corrected chi connectivity index (χ4v) is 4.11. The van der Waals surface area contributed by atoms with Crippen molar-refractivity contribution < 1.29 is 29.5 Å². The molecule has 2 aromatic rings. The largest absolute Gasteiger partial charge is 0.494 e. The zero-order valence-corrected chi connectivity index (χ0v) is 18.2. The van der Waals surface area contributed by atoms with Crippen LogP contribution >= 0.6 is 11.6 Å². The van der Waals surface area contributed by atoms with Crippen LogP contribution in [0.5, 0.6) is 5.75 Å². The summed E-state index contributed by atoms with van der Waals surface area (Å²) in [5.74, 6) is -1.29. The molecule has 0 aromatic heterocycles. The maximum atomic E-state index is 10.9. The summed E-state index contributed by atoms with van der Waals surface area (Å²) >= 11 is 6.45. The molecule has 6 nitrogen and oxygen atoms in total. The first-order valence-electron chi connectivity index (χ1n) is 10.1. The summed E-state index contributed by atoms with van der Waals surface area (Å²) in [5, 5.41) is 31.4. The van der Waals surface area contributed by atoms with Gasteiger partial charge in [0.2, 0.25) is 5.79 Å².